The Labute approximate surface area is 141 Å². The van der Waals surface area contributed by atoms with Gasteiger partial charge in [-0.25, -0.2) is 9.78 Å². The molecular weight excluding hydrogens is 328 g/mol. The van der Waals surface area contributed by atoms with Gasteiger partial charge in [0.15, 0.2) is 11.4 Å². The summed E-state index contributed by atoms with van der Waals surface area (Å²) in [7, 11) is 0. The minimum Gasteiger partial charge on any atom is -0.504 e. The van der Waals surface area contributed by atoms with Crippen molar-refractivity contribution in [3.63, 3.8) is 0 Å². The third-order valence-corrected chi connectivity index (χ3v) is 4.63. The van der Waals surface area contributed by atoms with Crippen LogP contribution >= 0.6 is 0 Å². The van der Waals surface area contributed by atoms with Crippen molar-refractivity contribution in [3.05, 3.63) is 40.4 Å². The first-order valence-electron chi connectivity index (χ1n) is 7.95. The fourth-order valence-corrected chi connectivity index (χ4v) is 3.41. The molecule has 0 radical (unpaired) electrons. The second-order valence-corrected chi connectivity index (χ2v) is 6.32. The summed E-state index contributed by atoms with van der Waals surface area (Å²) >= 11 is 0. The molecule has 0 saturated carbocycles. The molecule has 2 aliphatic heterocycles. The maximum Gasteiger partial charge on any atom is 0.407 e. The highest BCUT2D eigenvalue weighted by molar-refractivity contribution is 5.94. The summed E-state index contributed by atoms with van der Waals surface area (Å²) in [5.74, 6) is -0.600. The number of nitrogens with zero attached hydrogens (tertiary/aromatic N) is 3. The third-order valence-electron chi connectivity index (χ3n) is 4.63. The first-order valence-corrected chi connectivity index (χ1v) is 7.95. The van der Waals surface area contributed by atoms with Crippen LogP contribution in [-0.4, -0.2) is 56.6 Å². The van der Waals surface area contributed by atoms with E-state index in [-0.39, 0.29) is 23.5 Å². The number of alkyl carbamates (subject to hydrolysis) is 1. The zero-order valence-electron chi connectivity index (χ0n) is 13.3. The van der Waals surface area contributed by atoms with Gasteiger partial charge in [0.05, 0.1) is 13.1 Å². The van der Waals surface area contributed by atoms with Crippen LogP contribution < -0.4 is 10.9 Å². The first kappa shape index (κ1) is 15.4. The molecule has 0 aromatic carbocycles. The number of carbonyl (C=O) groups excluding carboxylic acids is 2. The van der Waals surface area contributed by atoms with Crippen molar-refractivity contribution in [2.24, 2.45) is 0 Å². The number of amides is 2. The molecule has 1 spiro atoms. The fraction of sp³-hybridized carbons (Fsp3) is 0.375. The number of fused-ring (bicyclic) bond motifs is 1. The summed E-state index contributed by atoms with van der Waals surface area (Å²) in [5.41, 5.74) is -1.28. The standard InChI is InChI=1S/C16H16N4O5/c21-11-3-1-6-20-12(11)17-7-10(14(20)23)13(22)19-5-2-4-16(9-19)8-18-15(24)25-16/h1,3,6-7,21H,2,4-5,8-9H2,(H,18,24)/t16-/m1/s1. The topological polar surface area (TPSA) is 113 Å². The first-order chi connectivity index (χ1) is 12.0. The summed E-state index contributed by atoms with van der Waals surface area (Å²) < 4.78 is 6.48. The van der Waals surface area contributed by atoms with E-state index in [1.54, 1.807) is 0 Å². The molecule has 4 heterocycles. The molecular formula is C16H16N4O5. The Morgan fingerprint density at radius 1 is 1.40 bits per heavy atom. The van der Waals surface area contributed by atoms with Gasteiger partial charge in [0.2, 0.25) is 0 Å². The lowest BCUT2D eigenvalue weighted by Gasteiger charge is -2.38. The highest BCUT2D eigenvalue weighted by atomic mass is 16.6. The lowest BCUT2D eigenvalue weighted by atomic mass is 9.92. The van der Waals surface area contributed by atoms with Crippen molar-refractivity contribution in [3.8, 4) is 5.75 Å². The van der Waals surface area contributed by atoms with Crippen molar-refractivity contribution < 1.29 is 19.4 Å². The second kappa shape index (κ2) is 5.47. The molecule has 25 heavy (non-hydrogen) atoms. The van der Waals surface area contributed by atoms with E-state index in [0.717, 1.165) is 4.40 Å². The lowest BCUT2D eigenvalue weighted by Crippen LogP contribution is -2.53. The molecule has 2 saturated heterocycles. The number of nitrogens with one attached hydrogen (secondary N) is 1. The largest absolute Gasteiger partial charge is 0.504 e. The van der Waals surface area contributed by atoms with Crippen LogP contribution in [-0.2, 0) is 4.74 Å². The molecule has 0 unspecified atom stereocenters. The van der Waals surface area contributed by atoms with Crippen molar-refractivity contribution in [2.75, 3.05) is 19.6 Å². The van der Waals surface area contributed by atoms with Gasteiger partial charge < -0.3 is 20.1 Å². The van der Waals surface area contributed by atoms with Crippen LogP contribution in [0, 0.1) is 0 Å². The lowest BCUT2D eigenvalue weighted by molar-refractivity contribution is -0.00512. The SMILES string of the molecule is O=C1NC[C@@]2(CCCN(C(=O)c3cnc4c(O)cccn4c3=O)C2)O1. The van der Waals surface area contributed by atoms with Crippen LogP contribution in [0.5, 0.6) is 5.75 Å². The smallest absolute Gasteiger partial charge is 0.407 e. The van der Waals surface area contributed by atoms with E-state index in [9.17, 15) is 19.5 Å². The Hall–Kier alpha value is -3.10. The highest BCUT2D eigenvalue weighted by Crippen LogP contribution is 2.28. The van der Waals surface area contributed by atoms with Crippen molar-refractivity contribution >= 4 is 17.6 Å². The number of aromatic hydroxyl groups is 1. The predicted octanol–water partition coefficient (Wildman–Crippen LogP) is 0.115. The minimum absolute atomic E-state index is 0.0857. The molecule has 130 valence electrons. The number of pyridine rings is 1. The zero-order valence-corrected chi connectivity index (χ0v) is 13.3. The van der Waals surface area contributed by atoms with Crippen LogP contribution in [0.3, 0.4) is 0 Å². The number of hydrogen-bond acceptors (Lipinski definition) is 6. The number of ether oxygens (including phenoxy) is 1. The number of hydrogen-bond donors (Lipinski definition) is 2. The minimum atomic E-state index is -0.732. The quantitative estimate of drug-likeness (QED) is 0.759. The van der Waals surface area contributed by atoms with Gasteiger partial charge in [-0.3, -0.25) is 14.0 Å². The van der Waals surface area contributed by atoms with Crippen LogP contribution in [0.4, 0.5) is 4.79 Å². The van der Waals surface area contributed by atoms with Crippen molar-refractivity contribution in [1.82, 2.24) is 19.6 Å². The molecule has 2 aliphatic rings. The van der Waals surface area contributed by atoms with E-state index < -0.39 is 23.2 Å². The summed E-state index contributed by atoms with van der Waals surface area (Å²) in [6.07, 6.45) is 3.47. The van der Waals surface area contributed by atoms with Gasteiger partial charge in [0.1, 0.15) is 11.2 Å². The van der Waals surface area contributed by atoms with E-state index in [1.807, 2.05) is 0 Å². The number of likely N-dealkylation sites (tertiary alicyclic amines) is 1. The van der Waals surface area contributed by atoms with E-state index >= 15 is 0 Å². The summed E-state index contributed by atoms with van der Waals surface area (Å²) in [4.78, 5) is 42.3. The molecule has 9 nitrogen and oxygen atoms in total. The number of piperidine rings is 1. The van der Waals surface area contributed by atoms with Gasteiger partial charge in [-0.2, -0.15) is 0 Å². The van der Waals surface area contributed by atoms with Gasteiger partial charge in [-0.05, 0) is 25.0 Å². The van der Waals surface area contributed by atoms with Gasteiger partial charge in [0.25, 0.3) is 11.5 Å². The van der Waals surface area contributed by atoms with Gasteiger partial charge >= 0.3 is 6.09 Å². The molecule has 9 heteroatoms. The summed E-state index contributed by atoms with van der Waals surface area (Å²) in [6.45, 7) is 1.05. The van der Waals surface area contributed by atoms with Crippen LogP contribution in [0.2, 0.25) is 0 Å². The summed E-state index contributed by atoms with van der Waals surface area (Å²) in [5, 5.41) is 12.4. The number of carbonyl (C=O) groups is 2. The average Bonchev–Trinajstić information content (AvgIpc) is 2.95. The predicted molar refractivity (Wildman–Crippen MR) is 85.5 cm³/mol. The van der Waals surface area contributed by atoms with Crippen molar-refractivity contribution in [2.45, 2.75) is 18.4 Å². The van der Waals surface area contributed by atoms with E-state index in [0.29, 0.717) is 25.9 Å². The van der Waals surface area contributed by atoms with E-state index in [1.165, 1.54) is 29.4 Å². The molecule has 2 fully saturated rings. The Kier molecular flexibility index (Phi) is 3.38. The van der Waals surface area contributed by atoms with Crippen LogP contribution in [0.1, 0.15) is 23.2 Å². The van der Waals surface area contributed by atoms with Crippen LogP contribution in [0.15, 0.2) is 29.3 Å². The normalized spacial score (nSPS) is 22.9. The molecule has 1 atom stereocenters. The maximum absolute atomic E-state index is 12.8. The highest BCUT2D eigenvalue weighted by Gasteiger charge is 2.45. The fourth-order valence-electron chi connectivity index (χ4n) is 3.41. The summed E-state index contributed by atoms with van der Waals surface area (Å²) in [6, 6.07) is 2.91. The van der Waals surface area contributed by atoms with E-state index in [2.05, 4.69) is 10.3 Å². The molecule has 0 bridgehead atoms. The Morgan fingerprint density at radius 2 is 2.24 bits per heavy atom. The Balaban J connectivity index is 1.67. The van der Waals surface area contributed by atoms with Crippen molar-refractivity contribution in [1.29, 1.82) is 0 Å². The molecule has 0 aliphatic carbocycles. The Bertz CT molecular complexity index is 940. The number of aromatic nitrogens is 2. The van der Waals surface area contributed by atoms with Gasteiger partial charge in [0, 0.05) is 18.9 Å². The Morgan fingerprint density at radius 3 is 3.00 bits per heavy atom. The molecule has 2 aromatic heterocycles. The second-order valence-electron chi connectivity index (χ2n) is 6.32. The average molecular weight is 344 g/mol. The zero-order chi connectivity index (χ0) is 17.6. The molecule has 2 amide bonds. The molecule has 4 rings (SSSR count). The molecule has 2 aromatic rings. The van der Waals surface area contributed by atoms with Gasteiger partial charge in [-0.1, -0.05) is 0 Å². The van der Waals surface area contributed by atoms with Gasteiger partial charge in [-0.15, -0.1) is 0 Å². The van der Waals surface area contributed by atoms with Crippen LogP contribution in [0.25, 0.3) is 5.65 Å². The monoisotopic (exact) mass is 344 g/mol. The van der Waals surface area contributed by atoms with E-state index in [4.69, 9.17) is 4.74 Å². The number of rotatable bonds is 1. The maximum atomic E-state index is 12.8. The molecule has 2 N–H and O–H groups in total. The third kappa shape index (κ3) is 2.48.